The van der Waals surface area contributed by atoms with E-state index >= 15 is 0 Å². The summed E-state index contributed by atoms with van der Waals surface area (Å²) < 4.78 is 67.5. The predicted molar refractivity (Wildman–Crippen MR) is 173 cm³/mol. The van der Waals surface area contributed by atoms with E-state index in [1.54, 1.807) is 18.2 Å². The molecule has 1 aliphatic rings. The quantitative estimate of drug-likeness (QED) is 0.226. The van der Waals surface area contributed by atoms with Gasteiger partial charge in [-0.05, 0) is 72.5 Å². The molecule has 4 aromatic carbocycles. The van der Waals surface area contributed by atoms with Crippen molar-refractivity contribution in [3.8, 4) is 11.5 Å². The van der Waals surface area contributed by atoms with E-state index in [0.717, 1.165) is 15.4 Å². The molecule has 10 nitrogen and oxygen atoms in total. The lowest BCUT2D eigenvalue weighted by Gasteiger charge is -2.23. The maximum atomic E-state index is 13.8. The highest BCUT2D eigenvalue weighted by Crippen LogP contribution is 2.35. The Morgan fingerprint density at radius 1 is 0.867 bits per heavy atom. The fourth-order valence-corrected chi connectivity index (χ4v) is 8.11. The number of hydrogen-bond acceptors (Lipinski definition) is 7. The number of amides is 1. The van der Waals surface area contributed by atoms with Gasteiger partial charge in [-0.2, -0.15) is 4.31 Å². The number of rotatable bonds is 12. The van der Waals surface area contributed by atoms with E-state index in [1.807, 2.05) is 30.3 Å². The van der Waals surface area contributed by atoms with Gasteiger partial charge in [0.2, 0.25) is 15.9 Å². The number of hydrogen-bond donors (Lipinski definition) is 1. The maximum Gasteiger partial charge on any atom is 0.264 e. The number of carbonyl (C=O) groups excluding carboxylic acids is 1. The smallest absolute Gasteiger partial charge is 0.264 e. The van der Waals surface area contributed by atoms with Crippen molar-refractivity contribution in [3.63, 3.8) is 0 Å². The SMILES string of the molecule is COc1ccc(S(=O)(=O)N(CCc2ccccc2)CC(=O)Nc2ccc3c(c2)N(S(=O)(=O)c2ccc(Cl)cc2)CC3)cc1OC. The molecule has 1 N–H and O–H groups in total. The zero-order valence-corrected chi connectivity index (χ0v) is 27.0. The van der Waals surface area contributed by atoms with Crippen molar-refractivity contribution in [2.24, 2.45) is 0 Å². The molecule has 0 spiro atoms. The lowest BCUT2D eigenvalue weighted by molar-refractivity contribution is -0.116. The summed E-state index contributed by atoms with van der Waals surface area (Å²) in [6.07, 6.45) is 0.879. The zero-order chi connectivity index (χ0) is 32.2. The van der Waals surface area contributed by atoms with Crippen LogP contribution < -0.4 is 19.1 Å². The zero-order valence-electron chi connectivity index (χ0n) is 24.6. The van der Waals surface area contributed by atoms with E-state index in [9.17, 15) is 21.6 Å². The predicted octanol–water partition coefficient (Wildman–Crippen LogP) is 4.98. The third-order valence-electron chi connectivity index (χ3n) is 7.43. The van der Waals surface area contributed by atoms with Crippen LogP contribution in [0.3, 0.4) is 0 Å². The highest BCUT2D eigenvalue weighted by molar-refractivity contribution is 7.92. The van der Waals surface area contributed by atoms with Gasteiger partial charge in [-0.25, -0.2) is 16.8 Å². The Morgan fingerprint density at radius 2 is 1.56 bits per heavy atom. The van der Waals surface area contributed by atoms with Gasteiger partial charge >= 0.3 is 0 Å². The number of sulfonamides is 2. The summed E-state index contributed by atoms with van der Waals surface area (Å²) in [6, 6.07) is 24.6. The van der Waals surface area contributed by atoms with Crippen LogP contribution in [0.1, 0.15) is 11.1 Å². The van der Waals surface area contributed by atoms with Crippen molar-refractivity contribution < 1.29 is 31.1 Å². The topological polar surface area (TPSA) is 122 Å². The number of anilines is 2. The first-order chi connectivity index (χ1) is 21.5. The average Bonchev–Trinajstić information content (AvgIpc) is 3.47. The molecule has 45 heavy (non-hydrogen) atoms. The number of benzene rings is 4. The number of halogens is 1. The third kappa shape index (κ3) is 7.09. The summed E-state index contributed by atoms with van der Waals surface area (Å²) in [6.45, 7) is -0.201. The van der Waals surface area contributed by atoms with Crippen LogP contribution in [0.15, 0.2) is 101 Å². The lowest BCUT2D eigenvalue weighted by atomic mass is 10.1. The standard InChI is InChI=1S/C32H32ClN3O7S2/c1-42-30-15-14-28(21-31(30)43-2)44(38,39)35(18-16-23-6-4-3-5-7-23)22-32(37)34-26-11-8-24-17-19-36(29(24)20-26)45(40,41)27-12-9-25(33)10-13-27/h3-15,20-21H,16-19,22H2,1-2H3,(H,34,37). The van der Waals surface area contributed by atoms with Gasteiger partial charge in [-0.1, -0.05) is 48.0 Å². The molecular weight excluding hydrogens is 638 g/mol. The Hall–Kier alpha value is -4.10. The van der Waals surface area contributed by atoms with Gasteiger partial charge < -0.3 is 14.8 Å². The average molecular weight is 670 g/mol. The Morgan fingerprint density at radius 3 is 2.24 bits per heavy atom. The molecule has 0 fully saturated rings. The summed E-state index contributed by atoms with van der Waals surface area (Å²) in [7, 11) is -5.16. The van der Waals surface area contributed by atoms with Crippen molar-refractivity contribution in [3.05, 3.63) is 107 Å². The van der Waals surface area contributed by atoms with E-state index in [-0.39, 0.29) is 28.6 Å². The molecule has 1 amide bonds. The van der Waals surface area contributed by atoms with Crippen LogP contribution in [0.4, 0.5) is 11.4 Å². The van der Waals surface area contributed by atoms with Gasteiger partial charge in [0, 0.05) is 29.9 Å². The van der Waals surface area contributed by atoms with Crippen LogP contribution in [0.2, 0.25) is 5.02 Å². The summed E-state index contributed by atoms with van der Waals surface area (Å²) >= 11 is 5.95. The molecule has 5 rings (SSSR count). The van der Waals surface area contributed by atoms with Crippen LogP contribution in [-0.2, 0) is 37.7 Å². The van der Waals surface area contributed by atoms with E-state index in [1.165, 1.54) is 61.0 Å². The molecule has 0 radical (unpaired) electrons. The molecule has 0 aromatic heterocycles. The number of ether oxygens (including phenoxy) is 2. The second-order valence-corrected chi connectivity index (χ2v) is 14.5. The minimum Gasteiger partial charge on any atom is -0.493 e. The summed E-state index contributed by atoms with van der Waals surface area (Å²) in [5, 5.41) is 3.18. The van der Waals surface area contributed by atoms with Gasteiger partial charge in [0.25, 0.3) is 10.0 Å². The molecule has 13 heteroatoms. The number of carbonyl (C=O) groups is 1. The monoisotopic (exact) mass is 669 g/mol. The van der Waals surface area contributed by atoms with Gasteiger partial charge in [0.05, 0.1) is 36.2 Å². The van der Waals surface area contributed by atoms with Crippen molar-refractivity contribution in [2.45, 2.75) is 22.6 Å². The number of fused-ring (bicyclic) bond motifs is 1. The summed E-state index contributed by atoms with van der Waals surface area (Å²) in [5.41, 5.74) is 2.50. The van der Waals surface area contributed by atoms with Gasteiger partial charge in [-0.15, -0.1) is 0 Å². The molecule has 0 bridgehead atoms. The fraction of sp³-hybridized carbons (Fsp3) is 0.219. The maximum absolute atomic E-state index is 13.8. The Balaban J connectivity index is 1.38. The fourth-order valence-electron chi connectivity index (χ4n) is 5.08. The normalized spacial score (nSPS) is 13.0. The molecule has 0 aliphatic carbocycles. The molecule has 1 aliphatic heterocycles. The molecular formula is C32H32ClN3O7S2. The highest BCUT2D eigenvalue weighted by Gasteiger charge is 2.32. The van der Waals surface area contributed by atoms with Crippen LogP contribution in [0, 0.1) is 0 Å². The van der Waals surface area contributed by atoms with Gasteiger partial charge in [-0.3, -0.25) is 9.10 Å². The van der Waals surface area contributed by atoms with E-state index in [0.29, 0.717) is 35.0 Å². The molecule has 0 atom stereocenters. The minimum atomic E-state index is -4.15. The van der Waals surface area contributed by atoms with E-state index < -0.39 is 32.5 Å². The first-order valence-corrected chi connectivity index (χ1v) is 17.3. The van der Waals surface area contributed by atoms with Gasteiger partial charge in [0.1, 0.15) is 0 Å². The van der Waals surface area contributed by atoms with Crippen molar-refractivity contribution >= 4 is 48.9 Å². The Kier molecular flexibility index (Phi) is 9.68. The Labute approximate surface area is 268 Å². The molecule has 1 heterocycles. The summed E-state index contributed by atoms with van der Waals surface area (Å²) in [5.74, 6) is 0.0215. The van der Waals surface area contributed by atoms with Crippen molar-refractivity contribution in [1.82, 2.24) is 4.31 Å². The van der Waals surface area contributed by atoms with Crippen LogP contribution in [0.5, 0.6) is 11.5 Å². The number of methoxy groups -OCH3 is 2. The Bertz CT molecular complexity index is 1900. The molecule has 0 saturated carbocycles. The largest absolute Gasteiger partial charge is 0.493 e. The highest BCUT2D eigenvalue weighted by atomic mass is 35.5. The van der Waals surface area contributed by atoms with Crippen LogP contribution in [0.25, 0.3) is 0 Å². The lowest BCUT2D eigenvalue weighted by Crippen LogP contribution is -2.39. The molecule has 236 valence electrons. The second-order valence-electron chi connectivity index (χ2n) is 10.3. The van der Waals surface area contributed by atoms with Gasteiger partial charge in [0.15, 0.2) is 11.5 Å². The van der Waals surface area contributed by atoms with Crippen LogP contribution >= 0.6 is 11.6 Å². The molecule has 0 unspecified atom stereocenters. The summed E-state index contributed by atoms with van der Waals surface area (Å²) in [4.78, 5) is 13.4. The molecule has 0 saturated heterocycles. The first-order valence-electron chi connectivity index (χ1n) is 14.0. The number of nitrogens with one attached hydrogen (secondary N) is 1. The van der Waals surface area contributed by atoms with Crippen molar-refractivity contribution in [1.29, 1.82) is 0 Å². The van der Waals surface area contributed by atoms with Crippen LogP contribution in [-0.4, -0.2) is 60.9 Å². The number of nitrogens with zero attached hydrogens (tertiary/aromatic N) is 2. The second kappa shape index (κ2) is 13.5. The van der Waals surface area contributed by atoms with E-state index in [2.05, 4.69) is 5.32 Å². The van der Waals surface area contributed by atoms with E-state index in [4.69, 9.17) is 21.1 Å². The molecule has 4 aromatic rings. The minimum absolute atomic E-state index is 0.0331. The first kappa shape index (κ1) is 32.3. The van der Waals surface area contributed by atoms with Crippen molar-refractivity contribution in [2.75, 3.05) is 43.5 Å². The third-order valence-corrected chi connectivity index (χ3v) is 11.3.